The Morgan fingerprint density at radius 1 is 0.921 bits per heavy atom. The van der Waals surface area contributed by atoms with Crippen LogP contribution in [0.5, 0.6) is 0 Å². The van der Waals surface area contributed by atoms with Crippen LogP contribution in [0.2, 0.25) is 5.02 Å². The van der Waals surface area contributed by atoms with Crippen LogP contribution in [-0.2, 0) is 4.79 Å². The summed E-state index contributed by atoms with van der Waals surface area (Å²) >= 11 is 6.07. The summed E-state index contributed by atoms with van der Waals surface area (Å²) in [6, 6.07) is 19.0. The number of nitrogens with one attached hydrogen (secondary N) is 2. The van der Waals surface area contributed by atoms with Crippen molar-refractivity contribution in [1.29, 1.82) is 0 Å². The topological polar surface area (TPSA) is 103 Å². The van der Waals surface area contributed by atoms with Gasteiger partial charge in [0.2, 0.25) is 5.91 Å². The van der Waals surface area contributed by atoms with Crippen LogP contribution in [0.4, 0.5) is 11.6 Å². The third kappa shape index (κ3) is 6.00. The van der Waals surface area contributed by atoms with Gasteiger partial charge in [-0.3, -0.25) is 14.6 Å². The SMILES string of the molecule is CC(=O)NCCNc1cc(N2CCN(C(=O)c3cc4ccccc4cn3)CC2)nc(-c2ccc(Cl)cc2)n1. The number of carbonyl (C=O) groups is 2. The standard InChI is InChI=1S/C28H28ClN7O2/c1-19(37)30-10-11-31-25-17-26(34-27(33-25)20-6-8-23(29)9-7-20)35-12-14-36(15-13-35)28(38)24-16-21-4-2-3-5-22(21)18-32-24/h2-9,16-18H,10-15H2,1H3,(H,30,37)(H,31,33,34). The molecule has 2 amide bonds. The molecule has 5 rings (SSSR count). The van der Waals surface area contributed by atoms with E-state index >= 15 is 0 Å². The molecule has 0 saturated carbocycles. The number of nitrogens with zero attached hydrogens (tertiary/aromatic N) is 5. The smallest absolute Gasteiger partial charge is 0.272 e. The third-order valence-corrected chi connectivity index (χ3v) is 6.61. The van der Waals surface area contributed by atoms with E-state index < -0.39 is 0 Å². The Kier molecular flexibility index (Phi) is 7.65. The number of benzene rings is 2. The molecule has 2 aromatic carbocycles. The molecule has 3 heterocycles. The number of halogens is 1. The molecule has 1 aliphatic heterocycles. The largest absolute Gasteiger partial charge is 0.368 e. The number of hydrogen-bond donors (Lipinski definition) is 2. The van der Waals surface area contributed by atoms with Crippen LogP contribution in [-0.4, -0.2) is 70.9 Å². The molecule has 194 valence electrons. The molecule has 0 unspecified atom stereocenters. The molecule has 38 heavy (non-hydrogen) atoms. The van der Waals surface area contributed by atoms with Crippen LogP contribution in [0.1, 0.15) is 17.4 Å². The average Bonchev–Trinajstić information content (AvgIpc) is 2.95. The quantitative estimate of drug-likeness (QED) is 0.350. The molecule has 0 aliphatic carbocycles. The molecule has 10 heteroatoms. The lowest BCUT2D eigenvalue weighted by atomic mass is 10.1. The number of amides is 2. The Labute approximate surface area is 225 Å². The Morgan fingerprint density at radius 2 is 1.66 bits per heavy atom. The highest BCUT2D eigenvalue weighted by atomic mass is 35.5. The van der Waals surface area contributed by atoms with Gasteiger partial charge in [0.25, 0.3) is 5.91 Å². The molecule has 1 aliphatic rings. The van der Waals surface area contributed by atoms with Crippen molar-refractivity contribution in [1.82, 2.24) is 25.2 Å². The zero-order valence-electron chi connectivity index (χ0n) is 21.0. The highest BCUT2D eigenvalue weighted by molar-refractivity contribution is 6.30. The highest BCUT2D eigenvalue weighted by Crippen LogP contribution is 2.25. The van der Waals surface area contributed by atoms with Gasteiger partial charge < -0.3 is 20.4 Å². The molecule has 4 aromatic rings. The number of hydrogen-bond acceptors (Lipinski definition) is 7. The number of piperazine rings is 1. The van der Waals surface area contributed by atoms with Crippen LogP contribution >= 0.6 is 11.6 Å². The zero-order chi connectivity index (χ0) is 26.5. The number of rotatable bonds is 7. The van der Waals surface area contributed by atoms with Gasteiger partial charge >= 0.3 is 0 Å². The fourth-order valence-corrected chi connectivity index (χ4v) is 4.47. The maximum atomic E-state index is 13.2. The lowest BCUT2D eigenvalue weighted by molar-refractivity contribution is -0.118. The first-order chi connectivity index (χ1) is 18.5. The number of carbonyl (C=O) groups excluding carboxylic acids is 2. The highest BCUT2D eigenvalue weighted by Gasteiger charge is 2.24. The fourth-order valence-electron chi connectivity index (χ4n) is 4.35. The lowest BCUT2D eigenvalue weighted by Gasteiger charge is -2.35. The van der Waals surface area contributed by atoms with Crippen LogP contribution < -0.4 is 15.5 Å². The molecule has 0 atom stereocenters. The van der Waals surface area contributed by atoms with Crippen LogP contribution in [0.3, 0.4) is 0 Å². The van der Waals surface area contributed by atoms with Gasteiger partial charge in [0, 0.05) is 74.4 Å². The lowest BCUT2D eigenvalue weighted by Crippen LogP contribution is -2.49. The van der Waals surface area contributed by atoms with Crippen molar-refractivity contribution in [3.63, 3.8) is 0 Å². The summed E-state index contributed by atoms with van der Waals surface area (Å²) in [6.45, 7) is 4.86. The molecule has 2 N–H and O–H groups in total. The molecule has 1 fully saturated rings. The summed E-state index contributed by atoms with van der Waals surface area (Å²) in [7, 11) is 0. The molecular formula is C28H28ClN7O2. The van der Waals surface area contributed by atoms with Gasteiger partial charge in [-0.15, -0.1) is 0 Å². The van der Waals surface area contributed by atoms with Gasteiger partial charge in [-0.1, -0.05) is 35.9 Å². The van der Waals surface area contributed by atoms with Gasteiger partial charge in [-0.2, -0.15) is 0 Å². The molecule has 1 saturated heterocycles. The number of aromatic nitrogens is 3. The van der Waals surface area contributed by atoms with Crippen molar-refractivity contribution < 1.29 is 9.59 Å². The molecule has 0 radical (unpaired) electrons. The van der Waals surface area contributed by atoms with Crippen molar-refractivity contribution in [2.75, 3.05) is 49.5 Å². The Balaban J connectivity index is 1.31. The summed E-state index contributed by atoms with van der Waals surface area (Å²) in [5, 5.41) is 8.69. The van der Waals surface area contributed by atoms with E-state index in [9.17, 15) is 9.59 Å². The minimum atomic E-state index is -0.0802. The van der Waals surface area contributed by atoms with Crippen LogP contribution in [0.25, 0.3) is 22.2 Å². The predicted octanol–water partition coefficient (Wildman–Crippen LogP) is 3.86. The number of pyridine rings is 1. The monoisotopic (exact) mass is 529 g/mol. The van der Waals surface area contributed by atoms with Gasteiger partial charge in [0.1, 0.15) is 17.3 Å². The van der Waals surface area contributed by atoms with E-state index in [4.69, 9.17) is 16.6 Å². The molecule has 9 nitrogen and oxygen atoms in total. The van der Waals surface area contributed by atoms with Gasteiger partial charge in [0.05, 0.1) is 0 Å². The molecule has 0 bridgehead atoms. The minimum absolute atomic E-state index is 0.0692. The number of fused-ring (bicyclic) bond motifs is 1. The van der Waals surface area contributed by atoms with E-state index in [0.717, 1.165) is 22.2 Å². The van der Waals surface area contributed by atoms with E-state index in [1.54, 1.807) is 6.20 Å². The van der Waals surface area contributed by atoms with Crippen LogP contribution in [0, 0.1) is 0 Å². The maximum absolute atomic E-state index is 13.2. The molecule has 2 aromatic heterocycles. The normalized spacial score (nSPS) is 13.4. The van der Waals surface area contributed by atoms with Crippen molar-refractivity contribution in [3.05, 3.63) is 77.6 Å². The second kappa shape index (κ2) is 11.4. The second-order valence-corrected chi connectivity index (χ2v) is 9.48. The summed E-state index contributed by atoms with van der Waals surface area (Å²) in [5.74, 6) is 1.84. The van der Waals surface area contributed by atoms with Gasteiger partial charge in [-0.05, 0) is 35.7 Å². The van der Waals surface area contributed by atoms with E-state index in [1.165, 1.54) is 6.92 Å². The summed E-state index contributed by atoms with van der Waals surface area (Å²) in [6.07, 6.45) is 1.75. The first kappa shape index (κ1) is 25.4. The summed E-state index contributed by atoms with van der Waals surface area (Å²) in [4.78, 5) is 42.2. The van der Waals surface area contributed by atoms with Crippen molar-refractivity contribution in [3.8, 4) is 11.4 Å². The number of anilines is 2. The van der Waals surface area contributed by atoms with E-state index in [2.05, 4.69) is 25.5 Å². The average molecular weight is 530 g/mol. The zero-order valence-corrected chi connectivity index (χ0v) is 21.8. The second-order valence-electron chi connectivity index (χ2n) is 9.05. The fraction of sp³-hybridized carbons (Fsp3) is 0.250. The van der Waals surface area contributed by atoms with Gasteiger partial charge in [-0.25, -0.2) is 9.97 Å². The summed E-state index contributed by atoms with van der Waals surface area (Å²) < 4.78 is 0. The van der Waals surface area contributed by atoms with E-state index in [0.29, 0.717) is 61.6 Å². The molecular weight excluding hydrogens is 502 g/mol. The Morgan fingerprint density at radius 3 is 2.39 bits per heavy atom. The third-order valence-electron chi connectivity index (χ3n) is 6.36. The first-order valence-electron chi connectivity index (χ1n) is 12.5. The van der Waals surface area contributed by atoms with Crippen molar-refractivity contribution in [2.24, 2.45) is 0 Å². The van der Waals surface area contributed by atoms with Crippen molar-refractivity contribution in [2.45, 2.75) is 6.92 Å². The first-order valence-corrected chi connectivity index (χ1v) is 12.9. The predicted molar refractivity (Wildman–Crippen MR) is 150 cm³/mol. The van der Waals surface area contributed by atoms with Crippen LogP contribution in [0.15, 0.2) is 66.9 Å². The van der Waals surface area contributed by atoms with E-state index in [1.807, 2.05) is 65.6 Å². The van der Waals surface area contributed by atoms with Gasteiger partial charge in [0.15, 0.2) is 5.82 Å². The summed E-state index contributed by atoms with van der Waals surface area (Å²) in [5.41, 5.74) is 1.30. The Hall–Kier alpha value is -4.24. The molecule has 0 spiro atoms. The minimum Gasteiger partial charge on any atom is -0.368 e. The van der Waals surface area contributed by atoms with Crippen molar-refractivity contribution >= 4 is 45.8 Å². The Bertz CT molecular complexity index is 1450. The maximum Gasteiger partial charge on any atom is 0.272 e. The van der Waals surface area contributed by atoms with E-state index in [-0.39, 0.29) is 11.8 Å².